The lowest BCUT2D eigenvalue weighted by atomic mass is 10.1. The van der Waals surface area contributed by atoms with Gasteiger partial charge < -0.3 is 4.90 Å². The van der Waals surface area contributed by atoms with Crippen LogP contribution in [0.25, 0.3) is 0 Å². The molecule has 21 heavy (non-hydrogen) atoms. The molecule has 2 aliphatic rings. The van der Waals surface area contributed by atoms with Crippen molar-refractivity contribution in [2.75, 3.05) is 11.4 Å². The van der Waals surface area contributed by atoms with Crippen molar-refractivity contribution in [3.05, 3.63) is 29.0 Å². The predicted molar refractivity (Wildman–Crippen MR) is 80.0 cm³/mol. The van der Waals surface area contributed by atoms with Gasteiger partial charge in [-0.25, -0.2) is 4.98 Å². The Morgan fingerprint density at radius 3 is 3.05 bits per heavy atom. The molecule has 0 radical (unpaired) electrons. The summed E-state index contributed by atoms with van der Waals surface area (Å²) in [5, 5.41) is 7.32. The van der Waals surface area contributed by atoms with E-state index < -0.39 is 0 Å². The van der Waals surface area contributed by atoms with Gasteiger partial charge in [0.15, 0.2) is 0 Å². The largest absolute Gasteiger partial charge is 0.305 e. The molecule has 4 rings (SSSR count). The van der Waals surface area contributed by atoms with E-state index in [4.69, 9.17) is 0 Å². The molecule has 0 N–H and O–H groups in total. The summed E-state index contributed by atoms with van der Waals surface area (Å²) >= 11 is 1.68. The van der Waals surface area contributed by atoms with Crippen molar-refractivity contribution < 1.29 is 4.79 Å². The van der Waals surface area contributed by atoms with Crippen molar-refractivity contribution in [1.82, 2.24) is 19.7 Å². The van der Waals surface area contributed by atoms with Gasteiger partial charge >= 0.3 is 0 Å². The van der Waals surface area contributed by atoms with E-state index in [0.717, 1.165) is 30.2 Å². The van der Waals surface area contributed by atoms with E-state index in [1.807, 2.05) is 29.7 Å². The molecule has 2 aromatic heterocycles. The maximum Gasteiger partial charge on any atom is 0.229 e. The van der Waals surface area contributed by atoms with Crippen molar-refractivity contribution >= 4 is 22.9 Å². The Balaban J connectivity index is 1.55. The second kappa shape index (κ2) is 4.92. The van der Waals surface area contributed by atoms with Gasteiger partial charge in [0.05, 0.1) is 24.5 Å². The Hall–Kier alpha value is -1.73. The van der Waals surface area contributed by atoms with Crippen molar-refractivity contribution in [2.45, 2.75) is 31.5 Å². The minimum Gasteiger partial charge on any atom is -0.305 e. The molecule has 0 aliphatic carbocycles. The standard InChI is InChI=1S/C14H17N5OS/c1-17-8-10(7-16-17)19-11-2-4-18(12(11)6-14(19)20)9-13-15-3-5-21-13/h3,5,7-8,11-12H,2,4,6,9H2,1H3/t11-,12+/m0/s1. The van der Waals surface area contributed by atoms with Crippen molar-refractivity contribution in [2.24, 2.45) is 7.05 Å². The molecule has 2 atom stereocenters. The molecule has 1 amide bonds. The Kier molecular flexibility index (Phi) is 3.04. The SMILES string of the molecule is Cn1cc(N2C(=O)C[C@@H]3[C@@H]2CCN3Cc2nccs2)cn1. The molecule has 0 bridgehead atoms. The first-order chi connectivity index (χ1) is 10.2. The van der Waals surface area contributed by atoms with Crippen LogP contribution in [0, 0.1) is 0 Å². The maximum absolute atomic E-state index is 12.4. The number of rotatable bonds is 3. The zero-order valence-electron chi connectivity index (χ0n) is 11.8. The minimum absolute atomic E-state index is 0.210. The summed E-state index contributed by atoms with van der Waals surface area (Å²) in [6.07, 6.45) is 7.17. The summed E-state index contributed by atoms with van der Waals surface area (Å²) < 4.78 is 1.75. The highest BCUT2D eigenvalue weighted by atomic mass is 32.1. The third-order valence-corrected chi connectivity index (χ3v) is 5.16. The van der Waals surface area contributed by atoms with Crippen LogP contribution in [0.5, 0.6) is 0 Å². The molecule has 2 aliphatic heterocycles. The van der Waals surface area contributed by atoms with E-state index in [0.29, 0.717) is 12.5 Å². The first kappa shape index (κ1) is 13.0. The highest BCUT2D eigenvalue weighted by molar-refractivity contribution is 7.09. The number of aromatic nitrogens is 3. The Morgan fingerprint density at radius 1 is 1.43 bits per heavy atom. The van der Waals surface area contributed by atoms with Gasteiger partial charge in [0.25, 0.3) is 0 Å². The van der Waals surface area contributed by atoms with Crippen LogP contribution in [0.3, 0.4) is 0 Å². The molecule has 0 spiro atoms. The lowest BCUT2D eigenvalue weighted by Gasteiger charge is -2.23. The van der Waals surface area contributed by atoms with Crippen molar-refractivity contribution in [3.8, 4) is 0 Å². The zero-order chi connectivity index (χ0) is 14.4. The van der Waals surface area contributed by atoms with Crippen LogP contribution in [0.4, 0.5) is 5.69 Å². The van der Waals surface area contributed by atoms with Crippen molar-refractivity contribution in [3.63, 3.8) is 0 Å². The van der Waals surface area contributed by atoms with E-state index in [1.54, 1.807) is 22.2 Å². The van der Waals surface area contributed by atoms with Crippen LogP contribution in [0.15, 0.2) is 24.0 Å². The number of hydrogen-bond acceptors (Lipinski definition) is 5. The summed E-state index contributed by atoms with van der Waals surface area (Å²) in [4.78, 5) is 21.1. The van der Waals surface area contributed by atoms with Crippen LogP contribution in [-0.4, -0.2) is 44.2 Å². The topological polar surface area (TPSA) is 54.3 Å². The number of hydrogen-bond donors (Lipinski definition) is 0. The summed E-state index contributed by atoms with van der Waals surface area (Å²) in [5.41, 5.74) is 0.922. The summed E-state index contributed by atoms with van der Waals surface area (Å²) in [6, 6.07) is 0.586. The second-order valence-electron chi connectivity index (χ2n) is 5.66. The molecule has 7 heteroatoms. The Labute approximate surface area is 127 Å². The molecule has 4 heterocycles. The van der Waals surface area contributed by atoms with Crippen LogP contribution in [-0.2, 0) is 18.4 Å². The zero-order valence-corrected chi connectivity index (χ0v) is 12.7. The Bertz CT molecular complexity index is 652. The predicted octanol–water partition coefficient (Wildman–Crippen LogP) is 1.26. The highest BCUT2D eigenvalue weighted by Crippen LogP contribution is 2.36. The summed E-state index contributed by atoms with van der Waals surface area (Å²) in [7, 11) is 1.88. The molecule has 0 aromatic carbocycles. The number of aryl methyl sites for hydroxylation is 1. The summed E-state index contributed by atoms with van der Waals surface area (Å²) in [5.74, 6) is 0.210. The van der Waals surface area contributed by atoms with Crippen LogP contribution >= 0.6 is 11.3 Å². The summed E-state index contributed by atoms with van der Waals surface area (Å²) in [6.45, 7) is 1.88. The fraction of sp³-hybridized carbons (Fsp3) is 0.500. The minimum atomic E-state index is 0.210. The number of thiazole rings is 1. The smallest absolute Gasteiger partial charge is 0.229 e. The molecule has 2 fully saturated rings. The maximum atomic E-state index is 12.4. The van der Waals surface area contributed by atoms with Crippen LogP contribution < -0.4 is 4.90 Å². The first-order valence-electron chi connectivity index (χ1n) is 7.15. The number of carbonyl (C=O) groups is 1. The van der Waals surface area contributed by atoms with Gasteiger partial charge in [0.2, 0.25) is 5.91 Å². The number of likely N-dealkylation sites (tertiary alicyclic amines) is 1. The number of fused-ring (bicyclic) bond motifs is 1. The van der Waals surface area contributed by atoms with E-state index >= 15 is 0 Å². The number of carbonyl (C=O) groups excluding carboxylic acids is 1. The van der Waals surface area contributed by atoms with Gasteiger partial charge in [-0.05, 0) is 6.42 Å². The molecular formula is C14H17N5OS. The molecule has 2 saturated heterocycles. The number of amides is 1. The average Bonchev–Trinajstić information content (AvgIpc) is 3.18. The third-order valence-electron chi connectivity index (χ3n) is 4.40. The van der Waals surface area contributed by atoms with Crippen molar-refractivity contribution in [1.29, 1.82) is 0 Å². The molecule has 0 unspecified atom stereocenters. The van der Waals surface area contributed by atoms with Gasteiger partial charge in [-0.15, -0.1) is 11.3 Å². The van der Waals surface area contributed by atoms with Crippen LogP contribution in [0.2, 0.25) is 0 Å². The van der Waals surface area contributed by atoms with Gasteiger partial charge in [-0.1, -0.05) is 0 Å². The van der Waals surface area contributed by atoms with Gasteiger partial charge in [-0.3, -0.25) is 14.4 Å². The average molecular weight is 303 g/mol. The molecule has 110 valence electrons. The van der Waals surface area contributed by atoms with E-state index in [1.165, 1.54) is 0 Å². The van der Waals surface area contributed by atoms with Gasteiger partial charge in [0.1, 0.15) is 5.01 Å². The van der Waals surface area contributed by atoms with E-state index in [2.05, 4.69) is 15.0 Å². The quantitative estimate of drug-likeness (QED) is 0.856. The van der Waals surface area contributed by atoms with Gasteiger partial charge in [0, 0.05) is 43.8 Å². The third kappa shape index (κ3) is 2.16. The molecule has 2 aromatic rings. The normalized spacial score (nSPS) is 25.8. The Morgan fingerprint density at radius 2 is 2.33 bits per heavy atom. The van der Waals surface area contributed by atoms with Gasteiger partial charge in [-0.2, -0.15) is 5.10 Å². The van der Waals surface area contributed by atoms with E-state index in [9.17, 15) is 4.79 Å². The van der Waals surface area contributed by atoms with Crippen LogP contribution in [0.1, 0.15) is 17.8 Å². The lowest BCUT2D eigenvalue weighted by Crippen LogP contribution is -2.37. The molecular weight excluding hydrogens is 286 g/mol. The lowest BCUT2D eigenvalue weighted by molar-refractivity contribution is -0.117. The van der Waals surface area contributed by atoms with E-state index in [-0.39, 0.29) is 11.9 Å². The fourth-order valence-electron chi connectivity index (χ4n) is 3.50. The number of nitrogens with zero attached hydrogens (tertiary/aromatic N) is 5. The first-order valence-corrected chi connectivity index (χ1v) is 8.03. The monoisotopic (exact) mass is 303 g/mol. The molecule has 6 nitrogen and oxygen atoms in total. The number of anilines is 1. The molecule has 0 saturated carbocycles. The fourth-order valence-corrected chi connectivity index (χ4v) is 4.14. The highest BCUT2D eigenvalue weighted by Gasteiger charge is 2.47. The second-order valence-corrected chi connectivity index (χ2v) is 6.64.